The summed E-state index contributed by atoms with van der Waals surface area (Å²) in [6.45, 7) is 1.17. The fourth-order valence-electron chi connectivity index (χ4n) is 3.76. The smallest absolute Gasteiger partial charge is 0.421 e. The Morgan fingerprint density at radius 2 is 1.67 bits per heavy atom. The molecule has 3 aromatic carbocycles. The molecule has 0 bridgehead atoms. The average molecular weight is 561 g/mol. The lowest BCUT2D eigenvalue weighted by molar-refractivity contribution is -0.138. The van der Waals surface area contributed by atoms with Crippen molar-refractivity contribution in [3.63, 3.8) is 0 Å². The normalized spacial score (nSPS) is 16.7. The van der Waals surface area contributed by atoms with Crippen molar-refractivity contribution in [2.45, 2.75) is 23.6 Å². The van der Waals surface area contributed by atoms with Gasteiger partial charge >= 0.3 is 6.18 Å². The van der Waals surface area contributed by atoms with Crippen LogP contribution in [0.15, 0.2) is 65.6 Å². The molecule has 0 radical (unpaired) electrons. The minimum absolute atomic E-state index is 0.184. The third kappa shape index (κ3) is 6.00. The molecule has 0 aliphatic carbocycles. The standard InChI is InChI=1S/C24H21Cl2F3N2O4S/c1-31-13-12-16(14-31)35-20-6-3-5-19(22(20)24(27,28)29)30-36(32,33)17-10-8-15(9-11-17)34-21-7-2-4-18(25)23(21)26/h2-11,16,30H,12-14H2,1H3/t16-/m1/s1. The second-order valence-corrected chi connectivity index (χ2v) is 10.7. The molecular formula is C24H21Cl2F3N2O4S. The number of nitrogens with one attached hydrogen (secondary N) is 1. The minimum atomic E-state index is -4.85. The van der Waals surface area contributed by atoms with Crippen molar-refractivity contribution in [3.8, 4) is 17.2 Å². The van der Waals surface area contributed by atoms with E-state index in [-0.39, 0.29) is 26.4 Å². The van der Waals surface area contributed by atoms with E-state index in [4.69, 9.17) is 32.7 Å². The number of benzene rings is 3. The lowest BCUT2D eigenvalue weighted by Gasteiger charge is -2.21. The summed E-state index contributed by atoms with van der Waals surface area (Å²) in [7, 11) is -2.52. The molecule has 0 saturated carbocycles. The summed E-state index contributed by atoms with van der Waals surface area (Å²) < 4.78 is 81.2. The van der Waals surface area contributed by atoms with E-state index in [1.807, 2.05) is 11.9 Å². The minimum Gasteiger partial charge on any atom is -0.488 e. The van der Waals surface area contributed by atoms with Gasteiger partial charge in [0.05, 0.1) is 15.6 Å². The van der Waals surface area contributed by atoms with Gasteiger partial charge in [-0.1, -0.05) is 35.3 Å². The monoisotopic (exact) mass is 560 g/mol. The topological polar surface area (TPSA) is 67.9 Å². The van der Waals surface area contributed by atoms with E-state index in [0.29, 0.717) is 19.5 Å². The third-order valence-corrected chi connectivity index (χ3v) is 7.66. The fourth-order valence-corrected chi connectivity index (χ4v) is 5.16. The number of anilines is 1. The molecule has 1 aliphatic heterocycles. The van der Waals surface area contributed by atoms with E-state index < -0.39 is 39.3 Å². The van der Waals surface area contributed by atoms with Gasteiger partial charge in [-0.25, -0.2) is 8.42 Å². The summed E-state index contributed by atoms with van der Waals surface area (Å²) in [5.74, 6) is 0.0918. The first-order valence-electron chi connectivity index (χ1n) is 10.7. The summed E-state index contributed by atoms with van der Waals surface area (Å²) in [5, 5.41) is 0.466. The van der Waals surface area contributed by atoms with Crippen LogP contribution in [0.5, 0.6) is 17.2 Å². The predicted molar refractivity (Wildman–Crippen MR) is 132 cm³/mol. The number of likely N-dealkylation sites (N-methyl/N-ethyl adjacent to an activating group) is 1. The van der Waals surface area contributed by atoms with Crippen LogP contribution in [-0.2, 0) is 16.2 Å². The maximum atomic E-state index is 14.0. The van der Waals surface area contributed by atoms with Crippen LogP contribution in [0, 0.1) is 0 Å². The maximum absolute atomic E-state index is 14.0. The number of ether oxygens (including phenoxy) is 2. The Morgan fingerprint density at radius 1 is 1.00 bits per heavy atom. The van der Waals surface area contributed by atoms with Crippen molar-refractivity contribution >= 4 is 38.9 Å². The molecule has 4 rings (SSSR count). The number of likely N-dealkylation sites (tertiary alicyclic amines) is 1. The van der Waals surface area contributed by atoms with Gasteiger partial charge in [0.1, 0.15) is 33.9 Å². The first kappa shape index (κ1) is 26.4. The van der Waals surface area contributed by atoms with Crippen molar-refractivity contribution in [2.75, 3.05) is 24.9 Å². The quantitative estimate of drug-likeness (QED) is 0.348. The van der Waals surface area contributed by atoms with Crippen molar-refractivity contribution in [3.05, 3.63) is 76.3 Å². The number of alkyl halides is 3. The van der Waals surface area contributed by atoms with Crippen LogP contribution >= 0.6 is 23.2 Å². The molecule has 0 unspecified atom stereocenters. The summed E-state index contributed by atoms with van der Waals surface area (Å²) in [5.41, 5.74) is -1.81. The van der Waals surface area contributed by atoms with Crippen LogP contribution in [0.25, 0.3) is 0 Å². The highest BCUT2D eigenvalue weighted by Gasteiger charge is 2.39. The van der Waals surface area contributed by atoms with E-state index in [9.17, 15) is 21.6 Å². The molecule has 12 heteroatoms. The largest absolute Gasteiger partial charge is 0.488 e. The van der Waals surface area contributed by atoms with Gasteiger partial charge < -0.3 is 14.4 Å². The Labute approximate surface area is 216 Å². The lowest BCUT2D eigenvalue weighted by atomic mass is 10.1. The first-order valence-corrected chi connectivity index (χ1v) is 13.0. The van der Waals surface area contributed by atoms with E-state index in [0.717, 1.165) is 6.07 Å². The number of hydrogen-bond donors (Lipinski definition) is 1. The Bertz CT molecular complexity index is 1350. The maximum Gasteiger partial charge on any atom is 0.421 e. The molecule has 1 saturated heterocycles. The molecule has 1 N–H and O–H groups in total. The molecule has 36 heavy (non-hydrogen) atoms. The van der Waals surface area contributed by atoms with Crippen molar-refractivity contribution in [1.82, 2.24) is 4.90 Å². The molecule has 6 nitrogen and oxygen atoms in total. The predicted octanol–water partition coefficient (Wildman–Crippen LogP) is 6.69. The Kier molecular flexibility index (Phi) is 7.61. The van der Waals surface area contributed by atoms with Crippen molar-refractivity contribution in [2.24, 2.45) is 0 Å². The van der Waals surface area contributed by atoms with Gasteiger partial charge in [0.25, 0.3) is 10.0 Å². The highest BCUT2D eigenvalue weighted by atomic mass is 35.5. The van der Waals surface area contributed by atoms with Crippen LogP contribution in [0.2, 0.25) is 10.0 Å². The molecule has 192 valence electrons. The van der Waals surface area contributed by atoms with Gasteiger partial charge in [0, 0.05) is 13.1 Å². The highest BCUT2D eigenvalue weighted by molar-refractivity contribution is 7.92. The van der Waals surface area contributed by atoms with Crippen molar-refractivity contribution < 1.29 is 31.1 Å². The zero-order valence-corrected chi connectivity index (χ0v) is 21.2. The number of halogens is 5. The van der Waals surface area contributed by atoms with E-state index in [1.165, 1.54) is 36.4 Å². The molecule has 0 amide bonds. The number of nitrogens with zero attached hydrogens (tertiary/aromatic N) is 1. The zero-order chi connectivity index (χ0) is 26.1. The molecule has 1 heterocycles. The van der Waals surface area contributed by atoms with E-state index >= 15 is 0 Å². The van der Waals surface area contributed by atoms with Crippen LogP contribution in [0.1, 0.15) is 12.0 Å². The molecular weight excluding hydrogens is 540 g/mol. The SMILES string of the molecule is CN1CC[C@@H](Oc2cccc(NS(=O)(=O)c3ccc(Oc4cccc(Cl)c4Cl)cc3)c2C(F)(F)F)C1. The number of sulfonamides is 1. The van der Waals surface area contributed by atoms with E-state index in [2.05, 4.69) is 4.72 Å². The number of rotatable bonds is 7. The molecule has 0 aromatic heterocycles. The van der Waals surface area contributed by atoms with Crippen LogP contribution < -0.4 is 14.2 Å². The molecule has 1 aliphatic rings. The Morgan fingerprint density at radius 3 is 2.31 bits per heavy atom. The molecule has 1 fully saturated rings. The van der Waals surface area contributed by atoms with Crippen LogP contribution in [0.4, 0.5) is 18.9 Å². The number of hydrogen-bond acceptors (Lipinski definition) is 5. The molecule has 0 spiro atoms. The molecule has 1 atom stereocenters. The highest BCUT2D eigenvalue weighted by Crippen LogP contribution is 2.43. The summed E-state index contributed by atoms with van der Waals surface area (Å²) in [6, 6.07) is 13.5. The van der Waals surface area contributed by atoms with Gasteiger partial charge in [-0.3, -0.25) is 4.72 Å². The second-order valence-electron chi connectivity index (χ2n) is 8.20. The lowest BCUT2D eigenvalue weighted by Crippen LogP contribution is -2.24. The Balaban J connectivity index is 1.58. The van der Waals surface area contributed by atoms with Crippen LogP contribution in [-0.4, -0.2) is 39.6 Å². The van der Waals surface area contributed by atoms with Gasteiger partial charge in [-0.15, -0.1) is 0 Å². The fraction of sp³-hybridized carbons (Fsp3) is 0.250. The first-order chi connectivity index (χ1) is 16.9. The van der Waals surface area contributed by atoms with Crippen LogP contribution in [0.3, 0.4) is 0 Å². The zero-order valence-electron chi connectivity index (χ0n) is 18.9. The summed E-state index contributed by atoms with van der Waals surface area (Å²) in [4.78, 5) is 1.68. The van der Waals surface area contributed by atoms with Gasteiger partial charge in [0.15, 0.2) is 0 Å². The Hall–Kier alpha value is -2.66. The van der Waals surface area contributed by atoms with Gasteiger partial charge in [0.2, 0.25) is 0 Å². The molecule has 3 aromatic rings. The summed E-state index contributed by atoms with van der Waals surface area (Å²) in [6.07, 6.45) is -4.71. The second kappa shape index (κ2) is 10.4. The van der Waals surface area contributed by atoms with E-state index in [1.54, 1.807) is 18.2 Å². The van der Waals surface area contributed by atoms with Gasteiger partial charge in [-0.2, -0.15) is 13.2 Å². The van der Waals surface area contributed by atoms with Gasteiger partial charge in [-0.05, 0) is 62.0 Å². The van der Waals surface area contributed by atoms with Crippen molar-refractivity contribution in [1.29, 1.82) is 0 Å². The summed E-state index contributed by atoms with van der Waals surface area (Å²) >= 11 is 12.1. The third-order valence-electron chi connectivity index (χ3n) is 5.47. The average Bonchev–Trinajstić information content (AvgIpc) is 3.21.